The zero-order chi connectivity index (χ0) is 10.5. The van der Waals surface area contributed by atoms with Gasteiger partial charge in [0.2, 0.25) is 0 Å². The number of nitrogens with one attached hydrogen (secondary N) is 1. The summed E-state index contributed by atoms with van der Waals surface area (Å²) in [6.45, 7) is 2.78. The van der Waals surface area contributed by atoms with Crippen molar-refractivity contribution in [2.75, 3.05) is 25.1 Å². The highest BCUT2D eigenvalue weighted by Crippen LogP contribution is 2.17. The van der Waals surface area contributed by atoms with Gasteiger partial charge in [-0.15, -0.1) is 0 Å². The van der Waals surface area contributed by atoms with Gasteiger partial charge in [0.05, 0.1) is 6.61 Å². The SMILES string of the molecule is Clc1cccc(NCC2CCCOC2)c1. The molecule has 1 aromatic carbocycles. The number of anilines is 1. The third-order valence-corrected chi connectivity index (χ3v) is 2.91. The van der Waals surface area contributed by atoms with Crippen LogP contribution in [0.3, 0.4) is 0 Å². The minimum absolute atomic E-state index is 0.637. The molecule has 15 heavy (non-hydrogen) atoms. The van der Waals surface area contributed by atoms with Crippen molar-refractivity contribution in [3.63, 3.8) is 0 Å². The number of benzene rings is 1. The predicted octanol–water partition coefficient (Wildman–Crippen LogP) is 3.18. The molecule has 1 aliphatic rings. The molecule has 0 bridgehead atoms. The molecule has 3 heteroatoms. The molecule has 0 saturated carbocycles. The first-order valence-electron chi connectivity index (χ1n) is 5.42. The molecule has 1 atom stereocenters. The summed E-state index contributed by atoms with van der Waals surface area (Å²) < 4.78 is 5.43. The van der Waals surface area contributed by atoms with Crippen LogP contribution in [0.15, 0.2) is 24.3 Å². The maximum atomic E-state index is 5.90. The molecule has 1 fully saturated rings. The summed E-state index contributed by atoms with van der Waals surface area (Å²) in [4.78, 5) is 0. The van der Waals surface area contributed by atoms with Crippen LogP contribution >= 0.6 is 11.6 Å². The largest absolute Gasteiger partial charge is 0.385 e. The van der Waals surface area contributed by atoms with Gasteiger partial charge >= 0.3 is 0 Å². The van der Waals surface area contributed by atoms with E-state index < -0.39 is 0 Å². The van der Waals surface area contributed by atoms with E-state index >= 15 is 0 Å². The normalized spacial score (nSPS) is 21.3. The number of rotatable bonds is 3. The lowest BCUT2D eigenvalue weighted by Crippen LogP contribution is -2.24. The average molecular weight is 226 g/mol. The lowest BCUT2D eigenvalue weighted by molar-refractivity contribution is 0.0595. The molecule has 1 unspecified atom stereocenters. The first kappa shape index (κ1) is 10.8. The van der Waals surface area contributed by atoms with Gasteiger partial charge in [-0.2, -0.15) is 0 Å². The van der Waals surface area contributed by atoms with E-state index in [0.29, 0.717) is 5.92 Å². The third kappa shape index (κ3) is 3.40. The number of halogens is 1. The Morgan fingerprint density at radius 1 is 1.47 bits per heavy atom. The molecule has 0 spiro atoms. The van der Waals surface area contributed by atoms with Crippen LogP contribution in [0.2, 0.25) is 5.02 Å². The minimum Gasteiger partial charge on any atom is -0.385 e. The Bertz CT molecular complexity index is 310. The van der Waals surface area contributed by atoms with Crippen LogP contribution in [-0.4, -0.2) is 19.8 Å². The van der Waals surface area contributed by atoms with Crippen LogP contribution in [-0.2, 0) is 4.74 Å². The van der Waals surface area contributed by atoms with E-state index in [1.807, 2.05) is 24.3 Å². The van der Waals surface area contributed by atoms with Crippen molar-refractivity contribution in [3.05, 3.63) is 29.3 Å². The monoisotopic (exact) mass is 225 g/mol. The quantitative estimate of drug-likeness (QED) is 0.853. The van der Waals surface area contributed by atoms with E-state index in [0.717, 1.165) is 30.5 Å². The van der Waals surface area contributed by atoms with Crippen LogP contribution in [0.5, 0.6) is 0 Å². The van der Waals surface area contributed by atoms with Gasteiger partial charge in [0, 0.05) is 23.9 Å². The fraction of sp³-hybridized carbons (Fsp3) is 0.500. The molecule has 2 nitrogen and oxygen atoms in total. The van der Waals surface area contributed by atoms with Gasteiger partial charge in [0.1, 0.15) is 0 Å². The standard InChI is InChI=1S/C12H16ClNO/c13-11-4-1-5-12(7-11)14-8-10-3-2-6-15-9-10/h1,4-5,7,10,14H,2-3,6,8-9H2. The maximum Gasteiger partial charge on any atom is 0.0511 e. The number of hydrogen-bond donors (Lipinski definition) is 1. The zero-order valence-corrected chi connectivity index (χ0v) is 9.46. The van der Waals surface area contributed by atoms with Crippen LogP contribution in [0, 0.1) is 5.92 Å². The summed E-state index contributed by atoms with van der Waals surface area (Å²) in [7, 11) is 0. The van der Waals surface area contributed by atoms with Crippen LogP contribution in [0.25, 0.3) is 0 Å². The van der Waals surface area contributed by atoms with Crippen LogP contribution in [0.1, 0.15) is 12.8 Å². The predicted molar refractivity (Wildman–Crippen MR) is 63.5 cm³/mol. The molecule has 0 amide bonds. The molecule has 1 aromatic rings. The Labute approximate surface area is 95.6 Å². The Morgan fingerprint density at radius 3 is 3.13 bits per heavy atom. The smallest absolute Gasteiger partial charge is 0.0511 e. The summed E-state index contributed by atoms with van der Waals surface area (Å²) >= 11 is 5.90. The van der Waals surface area contributed by atoms with Gasteiger partial charge in [0.15, 0.2) is 0 Å². The first-order valence-corrected chi connectivity index (χ1v) is 5.79. The van der Waals surface area contributed by atoms with E-state index in [-0.39, 0.29) is 0 Å². The molecule has 0 aromatic heterocycles. The lowest BCUT2D eigenvalue weighted by atomic mass is 10.0. The van der Waals surface area contributed by atoms with E-state index in [9.17, 15) is 0 Å². The Morgan fingerprint density at radius 2 is 2.40 bits per heavy atom. The molecule has 82 valence electrons. The highest BCUT2D eigenvalue weighted by Gasteiger charge is 2.13. The summed E-state index contributed by atoms with van der Waals surface area (Å²) in [6.07, 6.45) is 2.44. The van der Waals surface area contributed by atoms with Crippen molar-refractivity contribution in [1.82, 2.24) is 0 Å². The van der Waals surface area contributed by atoms with Crippen LogP contribution < -0.4 is 5.32 Å². The fourth-order valence-corrected chi connectivity index (χ4v) is 2.02. The van der Waals surface area contributed by atoms with Crippen molar-refractivity contribution in [2.45, 2.75) is 12.8 Å². The Hall–Kier alpha value is -0.730. The van der Waals surface area contributed by atoms with Gasteiger partial charge in [-0.1, -0.05) is 17.7 Å². The lowest BCUT2D eigenvalue weighted by Gasteiger charge is -2.22. The van der Waals surface area contributed by atoms with Crippen molar-refractivity contribution >= 4 is 17.3 Å². The maximum absolute atomic E-state index is 5.90. The molecule has 1 N–H and O–H groups in total. The van der Waals surface area contributed by atoms with Crippen LogP contribution in [0.4, 0.5) is 5.69 Å². The topological polar surface area (TPSA) is 21.3 Å². The highest BCUT2D eigenvalue weighted by atomic mass is 35.5. The van der Waals surface area contributed by atoms with E-state index in [1.54, 1.807) is 0 Å². The molecular weight excluding hydrogens is 210 g/mol. The molecule has 2 rings (SSSR count). The van der Waals surface area contributed by atoms with Crippen molar-refractivity contribution < 1.29 is 4.74 Å². The van der Waals surface area contributed by atoms with E-state index in [2.05, 4.69) is 5.32 Å². The molecule has 1 heterocycles. The molecule has 1 saturated heterocycles. The first-order chi connectivity index (χ1) is 7.34. The molecular formula is C12H16ClNO. The zero-order valence-electron chi connectivity index (χ0n) is 8.71. The van der Waals surface area contributed by atoms with Gasteiger partial charge in [-0.3, -0.25) is 0 Å². The van der Waals surface area contributed by atoms with Gasteiger partial charge in [-0.05, 0) is 37.0 Å². The fourth-order valence-electron chi connectivity index (χ4n) is 1.83. The molecule has 1 aliphatic heterocycles. The summed E-state index contributed by atoms with van der Waals surface area (Å²) in [6, 6.07) is 7.83. The Balaban J connectivity index is 1.81. The summed E-state index contributed by atoms with van der Waals surface area (Å²) in [5.74, 6) is 0.637. The summed E-state index contributed by atoms with van der Waals surface area (Å²) in [5.41, 5.74) is 1.09. The third-order valence-electron chi connectivity index (χ3n) is 2.67. The average Bonchev–Trinajstić information content (AvgIpc) is 2.28. The van der Waals surface area contributed by atoms with Crippen molar-refractivity contribution in [1.29, 1.82) is 0 Å². The van der Waals surface area contributed by atoms with Gasteiger partial charge in [0.25, 0.3) is 0 Å². The van der Waals surface area contributed by atoms with Gasteiger partial charge < -0.3 is 10.1 Å². The van der Waals surface area contributed by atoms with Crippen molar-refractivity contribution in [2.24, 2.45) is 5.92 Å². The molecule has 0 radical (unpaired) electrons. The minimum atomic E-state index is 0.637. The van der Waals surface area contributed by atoms with Gasteiger partial charge in [-0.25, -0.2) is 0 Å². The van der Waals surface area contributed by atoms with Crippen molar-refractivity contribution in [3.8, 4) is 0 Å². The highest BCUT2D eigenvalue weighted by molar-refractivity contribution is 6.30. The second kappa shape index (κ2) is 5.38. The van der Waals surface area contributed by atoms with E-state index in [1.165, 1.54) is 12.8 Å². The second-order valence-corrected chi connectivity index (χ2v) is 4.41. The molecule has 0 aliphatic carbocycles. The van der Waals surface area contributed by atoms with E-state index in [4.69, 9.17) is 16.3 Å². The Kier molecular flexibility index (Phi) is 3.87. The summed E-state index contributed by atoms with van der Waals surface area (Å²) in [5, 5.41) is 4.17. The number of hydrogen-bond acceptors (Lipinski definition) is 2. The second-order valence-electron chi connectivity index (χ2n) is 3.97. The number of ether oxygens (including phenoxy) is 1.